The van der Waals surface area contributed by atoms with Gasteiger partial charge in [-0.05, 0) is 44.2 Å². The van der Waals surface area contributed by atoms with Crippen molar-refractivity contribution in [2.24, 2.45) is 5.92 Å². The zero-order chi connectivity index (χ0) is 12.3. The summed E-state index contributed by atoms with van der Waals surface area (Å²) >= 11 is 0. The highest BCUT2D eigenvalue weighted by Crippen LogP contribution is 2.29. The van der Waals surface area contributed by atoms with Crippen LogP contribution in [-0.2, 0) is 4.74 Å². The minimum Gasteiger partial charge on any atom is -0.459 e. The third-order valence-electron chi connectivity index (χ3n) is 3.72. The predicted molar refractivity (Wildman–Crippen MR) is 68.0 cm³/mol. The number of esters is 1. The molecule has 0 radical (unpaired) electrons. The Morgan fingerprint density at radius 2 is 1.94 bits per heavy atom. The van der Waals surface area contributed by atoms with Gasteiger partial charge in [0, 0.05) is 0 Å². The number of carbonyl (C=O) groups is 1. The van der Waals surface area contributed by atoms with Crippen molar-refractivity contribution >= 4 is 5.97 Å². The molecular weight excluding hydrogens is 212 g/mol. The van der Waals surface area contributed by atoms with E-state index in [0.29, 0.717) is 11.5 Å². The lowest BCUT2D eigenvalue weighted by Crippen LogP contribution is -2.22. The number of carbonyl (C=O) groups excluding carboxylic acids is 1. The van der Waals surface area contributed by atoms with Crippen LogP contribution < -0.4 is 0 Å². The number of rotatable bonds is 3. The number of benzene rings is 1. The molecule has 0 aliphatic heterocycles. The maximum Gasteiger partial charge on any atom is 0.338 e. The van der Waals surface area contributed by atoms with Crippen LogP contribution in [0.3, 0.4) is 0 Å². The molecule has 0 spiro atoms. The molecule has 1 fully saturated rings. The fraction of sp³-hybridized carbons (Fsp3) is 0.533. The molecule has 1 aromatic rings. The fourth-order valence-corrected chi connectivity index (χ4v) is 2.56. The van der Waals surface area contributed by atoms with E-state index >= 15 is 0 Å². The average Bonchev–Trinajstić information content (AvgIpc) is 2.82. The van der Waals surface area contributed by atoms with E-state index in [0.717, 1.165) is 5.56 Å². The smallest absolute Gasteiger partial charge is 0.338 e. The van der Waals surface area contributed by atoms with Crippen molar-refractivity contribution in [1.82, 2.24) is 0 Å². The number of hydrogen-bond donors (Lipinski definition) is 0. The Bertz CT molecular complexity index is 392. The van der Waals surface area contributed by atoms with Crippen LogP contribution in [0, 0.1) is 12.8 Å². The number of aryl methyl sites for hydroxylation is 1. The molecule has 2 rings (SSSR count). The molecule has 1 atom stereocenters. The van der Waals surface area contributed by atoms with Crippen molar-refractivity contribution in [2.45, 2.75) is 45.6 Å². The van der Waals surface area contributed by atoms with Gasteiger partial charge in [0.25, 0.3) is 0 Å². The Labute approximate surface area is 103 Å². The molecule has 1 aromatic carbocycles. The summed E-state index contributed by atoms with van der Waals surface area (Å²) in [6, 6.07) is 7.59. The molecule has 92 valence electrons. The van der Waals surface area contributed by atoms with Crippen molar-refractivity contribution in [3.8, 4) is 0 Å². The molecule has 0 aromatic heterocycles. The second-order valence-electron chi connectivity index (χ2n) is 4.97. The first kappa shape index (κ1) is 12.2. The van der Waals surface area contributed by atoms with Crippen LogP contribution in [-0.4, -0.2) is 12.1 Å². The van der Waals surface area contributed by atoms with Crippen LogP contribution in [0.25, 0.3) is 0 Å². The first-order valence-electron chi connectivity index (χ1n) is 6.45. The van der Waals surface area contributed by atoms with Gasteiger partial charge in [-0.25, -0.2) is 4.79 Å². The van der Waals surface area contributed by atoms with Gasteiger partial charge in [0.2, 0.25) is 0 Å². The topological polar surface area (TPSA) is 26.3 Å². The Morgan fingerprint density at radius 1 is 1.29 bits per heavy atom. The summed E-state index contributed by atoms with van der Waals surface area (Å²) in [5.41, 5.74) is 1.67. The van der Waals surface area contributed by atoms with E-state index in [9.17, 15) is 4.79 Å². The van der Waals surface area contributed by atoms with Crippen LogP contribution in [0.2, 0.25) is 0 Å². The predicted octanol–water partition coefficient (Wildman–Crippen LogP) is 3.73. The monoisotopic (exact) mass is 232 g/mol. The first-order chi connectivity index (χ1) is 8.18. The molecule has 17 heavy (non-hydrogen) atoms. The lowest BCUT2D eigenvalue weighted by Gasteiger charge is -2.19. The Morgan fingerprint density at radius 3 is 2.59 bits per heavy atom. The molecule has 0 heterocycles. The molecule has 2 heteroatoms. The van der Waals surface area contributed by atoms with E-state index in [1.165, 1.54) is 25.7 Å². The standard InChI is InChI=1S/C15H20O2/c1-11-7-3-6-10-14(11)15(16)17-12(2)13-8-4-5-9-13/h3,6-7,10,12-13H,4-5,8-9H2,1-2H3. The van der Waals surface area contributed by atoms with E-state index in [2.05, 4.69) is 0 Å². The number of ether oxygens (including phenoxy) is 1. The fourth-order valence-electron chi connectivity index (χ4n) is 2.56. The van der Waals surface area contributed by atoms with Gasteiger partial charge in [0.1, 0.15) is 6.10 Å². The van der Waals surface area contributed by atoms with Gasteiger partial charge in [0.15, 0.2) is 0 Å². The van der Waals surface area contributed by atoms with E-state index in [1.54, 1.807) is 0 Å². The summed E-state index contributed by atoms with van der Waals surface area (Å²) in [6.45, 7) is 3.96. The van der Waals surface area contributed by atoms with Crippen molar-refractivity contribution in [3.05, 3.63) is 35.4 Å². The first-order valence-corrected chi connectivity index (χ1v) is 6.45. The second-order valence-corrected chi connectivity index (χ2v) is 4.97. The van der Waals surface area contributed by atoms with Crippen molar-refractivity contribution in [2.75, 3.05) is 0 Å². The molecule has 0 N–H and O–H groups in total. The zero-order valence-electron chi connectivity index (χ0n) is 10.6. The van der Waals surface area contributed by atoms with Crippen LogP contribution >= 0.6 is 0 Å². The summed E-state index contributed by atoms with van der Waals surface area (Å²) in [5.74, 6) is 0.380. The molecule has 0 saturated heterocycles. The zero-order valence-corrected chi connectivity index (χ0v) is 10.6. The Balaban J connectivity index is 1.99. The van der Waals surface area contributed by atoms with Gasteiger partial charge in [0.05, 0.1) is 5.56 Å². The summed E-state index contributed by atoms with van der Waals surface area (Å²) in [4.78, 5) is 12.0. The van der Waals surface area contributed by atoms with Crippen molar-refractivity contribution < 1.29 is 9.53 Å². The van der Waals surface area contributed by atoms with Crippen LogP contribution in [0.5, 0.6) is 0 Å². The largest absolute Gasteiger partial charge is 0.459 e. The summed E-state index contributed by atoms with van der Waals surface area (Å²) in [6.07, 6.45) is 4.99. The third-order valence-corrected chi connectivity index (χ3v) is 3.72. The lowest BCUT2D eigenvalue weighted by atomic mass is 10.0. The molecule has 1 aliphatic carbocycles. The molecule has 2 nitrogen and oxygen atoms in total. The van der Waals surface area contributed by atoms with Crippen LogP contribution in [0.1, 0.15) is 48.5 Å². The second kappa shape index (κ2) is 5.35. The molecular formula is C15H20O2. The normalized spacial score (nSPS) is 18.0. The highest BCUT2D eigenvalue weighted by molar-refractivity contribution is 5.91. The van der Waals surface area contributed by atoms with E-state index in [4.69, 9.17) is 4.74 Å². The van der Waals surface area contributed by atoms with Gasteiger partial charge < -0.3 is 4.74 Å². The SMILES string of the molecule is Cc1ccccc1C(=O)OC(C)C1CCCC1. The van der Waals surface area contributed by atoms with Crippen molar-refractivity contribution in [3.63, 3.8) is 0 Å². The highest BCUT2D eigenvalue weighted by atomic mass is 16.5. The minimum absolute atomic E-state index is 0.0459. The molecule has 0 amide bonds. The summed E-state index contributed by atoms with van der Waals surface area (Å²) in [5, 5.41) is 0. The third kappa shape index (κ3) is 2.87. The van der Waals surface area contributed by atoms with Crippen molar-refractivity contribution in [1.29, 1.82) is 0 Å². The van der Waals surface area contributed by atoms with E-state index in [1.807, 2.05) is 38.1 Å². The summed E-state index contributed by atoms with van der Waals surface area (Å²) in [7, 11) is 0. The quantitative estimate of drug-likeness (QED) is 0.742. The molecule has 0 bridgehead atoms. The Kier molecular flexibility index (Phi) is 3.82. The van der Waals surface area contributed by atoms with Gasteiger partial charge >= 0.3 is 5.97 Å². The minimum atomic E-state index is -0.178. The maximum absolute atomic E-state index is 12.0. The molecule has 1 saturated carbocycles. The van der Waals surface area contributed by atoms with E-state index < -0.39 is 0 Å². The lowest BCUT2D eigenvalue weighted by molar-refractivity contribution is 0.0203. The van der Waals surface area contributed by atoms with Gasteiger partial charge in [-0.1, -0.05) is 31.0 Å². The number of hydrogen-bond acceptors (Lipinski definition) is 2. The van der Waals surface area contributed by atoms with E-state index in [-0.39, 0.29) is 12.1 Å². The Hall–Kier alpha value is -1.31. The van der Waals surface area contributed by atoms with Crippen LogP contribution in [0.15, 0.2) is 24.3 Å². The summed E-state index contributed by atoms with van der Waals surface area (Å²) < 4.78 is 5.56. The maximum atomic E-state index is 12.0. The van der Waals surface area contributed by atoms with Gasteiger partial charge in [-0.15, -0.1) is 0 Å². The molecule has 1 aliphatic rings. The van der Waals surface area contributed by atoms with Gasteiger partial charge in [-0.2, -0.15) is 0 Å². The average molecular weight is 232 g/mol. The van der Waals surface area contributed by atoms with Gasteiger partial charge in [-0.3, -0.25) is 0 Å². The highest BCUT2D eigenvalue weighted by Gasteiger charge is 2.25. The molecule has 1 unspecified atom stereocenters. The van der Waals surface area contributed by atoms with Crippen LogP contribution in [0.4, 0.5) is 0 Å².